The van der Waals surface area contributed by atoms with Gasteiger partial charge in [-0.15, -0.1) is 13.2 Å². The number of alkyl halides is 7. The highest BCUT2D eigenvalue weighted by Crippen LogP contribution is 2.35. The van der Waals surface area contributed by atoms with Crippen molar-refractivity contribution in [2.75, 3.05) is 0 Å². The third kappa shape index (κ3) is 4.63. The molecule has 0 aliphatic carbocycles. The molecule has 2 aromatic rings. The first kappa shape index (κ1) is 17.7. The average Bonchev–Trinajstić information content (AvgIpc) is 2.44. The SMILES string of the molecule is FC(F)(F)Oc1ccc(-c2ccc(C(F)(F)F)c(CBr)c2)cc1. The molecule has 0 radical (unpaired) electrons. The van der Waals surface area contributed by atoms with Crippen LogP contribution in [0.5, 0.6) is 5.75 Å². The first-order valence-electron chi connectivity index (χ1n) is 6.22. The quantitative estimate of drug-likeness (QED) is 0.444. The summed E-state index contributed by atoms with van der Waals surface area (Å²) in [4.78, 5) is 0. The maximum absolute atomic E-state index is 12.8. The number of halogens is 7. The normalized spacial score (nSPS) is 12.3. The zero-order valence-corrected chi connectivity index (χ0v) is 12.9. The molecule has 0 fully saturated rings. The summed E-state index contributed by atoms with van der Waals surface area (Å²) in [6.07, 6.45) is -9.26. The second-order valence-electron chi connectivity index (χ2n) is 4.58. The maximum Gasteiger partial charge on any atom is 0.573 e. The lowest BCUT2D eigenvalue weighted by Crippen LogP contribution is -2.16. The van der Waals surface area contributed by atoms with Gasteiger partial charge in [0.2, 0.25) is 0 Å². The van der Waals surface area contributed by atoms with Crippen molar-refractivity contribution in [3.05, 3.63) is 53.6 Å². The largest absolute Gasteiger partial charge is 0.573 e. The van der Waals surface area contributed by atoms with Gasteiger partial charge in [-0.1, -0.05) is 34.1 Å². The number of ether oxygens (including phenoxy) is 1. The summed E-state index contributed by atoms with van der Waals surface area (Å²) >= 11 is 3.01. The van der Waals surface area contributed by atoms with E-state index in [1.807, 2.05) is 0 Å². The van der Waals surface area contributed by atoms with E-state index in [0.717, 1.165) is 18.2 Å². The lowest BCUT2D eigenvalue weighted by atomic mass is 9.99. The zero-order valence-electron chi connectivity index (χ0n) is 11.3. The fraction of sp³-hybridized carbons (Fsp3) is 0.200. The first-order chi connectivity index (χ1) is 10.6. The number of hydrogen-bond acceptors (Lipinski definition) is 1. The Morgan fingerprint density at radius 1 is 0.826 bits per heavy atom. The van der Waals surface area contributed by atoms with Crippen LogP contribution in [0.1, 0.15) is 11.1 Å². The van der Waals surface area contributed by atoms with Crippen molar-refractivity contribution in [1.82, 2.24) is 0 Å². The van der Waals surface area contributed by atoms with Gasteiger partial charge < -0.3 is 4.74 Å². The van der Waals surface area contributed by atoms with Gasteiger partial charge in [-0.3, -0.25) is 0 Å². The van der Waals surface area contributed by atoms with Gasteiger partial charge in [-0.2, -0.15) is 13.2 Å². The minimum Gasteiger partial charge on any atom is -0.406 e. The van der Waals surface area contributed by atoms with E-state index in [2.05, 4.69) is 20.7 Å². The fourth-order valence-electron chi connectivity index (χ4n) is 2.01. The molecule has 8 heteroatoms. The van der Waals surface area contributed by atoms with Crippen LogP contribution in [-0.4, -0.2) is 6.36 Å². The Kier molecular flexibility index (Phi) is 4.93. The smallest absolute Gasteiger partial charge is 0.406 e. The lowest BCUT2D eigenvalue weighted by molar-refractivity contribution is -0.274. The van der Waals surface area contributed by atoms with Gasteiger partial charge in [0.25, 0.3) is 0 Å². The maximum atomic E-state index is 12.8. The summed E-state index contributed by atoms with van der Waals surface area (Å²) in [6.45, 7) is 0. The third-order valence-electron chi connectivity index (χ3n) is 2.98. The number of hydrogen-bond donors (Lipinski definition) is 0. The van der Waals surface area contributed by atoms with E-state index < -0.39 is 23.9 Å². The Bertz CT molecular complexity index is 676. The lowest BCUT2D eigenvalue weighted by Gasteiger charge is -2.13. The van der Waals surface area contributed by atoms with E-state index in [1.165, 1.54) is 24.3 Å². The zero-order chi connectivity index (χ0) is 17.3. The highest BCUT2D eigenvalue weighted by atomic mass is 79.9. The predicted octanol–water partition coefficient (Wildman–Crippen LogP) is 6.17. The fourth-order valence-corrected chi connectivity index (χ4v) is 2.47. The molecule has 0 spiro atoms. The molecule has 0 aliphatic heterocycles. The highest BCUT2D eigenvalue weighted by molar-refractivity contribution is 9.08. The Hall–Kier alpha value is -1.70. The van der Waals surface area contributed by atoms with Crippen molar-refractivity contribution in [2.24, 2.45) is 0 Å². The Morgan fingerprint density at radius 3 is 1.87 bits per heavy atom. The molecule has 0 heterocycles. The molecule has 0 aromatic heterocycles. The van der Waals surface area contributed by atoms with Crippen LogP contribution in [0.3, 0.4) is 0 Å². The van der Waals surface area contributed by atoms with Crippen molar-refractivity contribution >= 4 is 15.9 Å². The molecular formula is C15H9BrF6O. The van der Waals surface area contributed by atoms with E-state index in [9.17, 15) is 26.3 Å². The van der Waals surface area contributed by atoms with Crippen LogP contribution in [0, 0.1) is 0 Å². The minimum absolute atomic E-state index is 0.00491. The molecule has 0 saturated heterocycles. The molecule has 1 nitrogen and oxygen atoms in total. The number of benzene rings is 2. The molecule has 23 heavy (non-hydrogen) atoms. The predicted molar refractivity (Wildman–Crippen MR) is 76.2 cm³/mol. The van der Waals surface area contributed by atoms with Crippen molar-refractivity contribution in [3.8, 4) is 16.9 Å². The van der Waals surface area contributed by atoms with Crippen LogP contribution in [0.4, 0.5) is 26.3 Å². The Balaban J connectivity index is 2.32. The molecule has 0 bridgehead atoms. The molecule has 2 rings (SSSR count). The van der Waals surface area contributed by atoms with Crippen LogP contribution < -0.4 is 4.74 Å². The van der Waals surface area contributed by atoms with Gasteiger partial charge >= 0.3 is 12.5 Å². The summed E-state index contributed by atoms with van der Waals surface area (Å²) in [5.41, 5.74) is 0.238. The second-order valence-corrected chi connectivity index (χ2v) is 5.14. The molecule has 0 saturated carbocycles. The van der Waals surface area contributed by atoms with E-state index >= 15 is 0 Å². The van der Waals surface area contributed by atoms with Crippen LogP contribution in [0.25, 0.3) is 11.1 Å². The number of rotatable bonds is 3. The van der Waals surface area contributed by atoms with Crippen molar-refractivity contribution in [3.63, 3.8) is 0 Å². The molecule has 0 amide bonds. The topological polar surface area (TPSA) is 9.23 Å². The van der Waals surface area contributed by atoms with Crippen molar-refractivity contribution in [2.45, 2.75) is 17.9 Å². The minimum atomic E-state index is -4.79. The monoisotopic (exact) mass is 398 g/mol. The second kappa shape index (κ2) is 6.43. The van der Waals surface area contributed by atoms with Crippen molar-refractivity contribution < 1.29 is 31.1 Å². The summed E-state index contributed by atoms with van der Waals surface area (Å²) in [7, 11) is 0. The summed E-state index contributed by atoms with van der Waals surface area (Å²) in [5.74, 6) is -0.395. The van der Waals surface area contributed by atoms with Gasteiger partial charge in [0, 0.05) is 5.33 Å². The van der Waals surface area contributed by atoms with Crippen LogP contribution in [0.2, 0.25) is 0 Å². The van der Waals surface area contributed by atoms with Gasteiger partial charge in [-0.05, 0) is 41.0 Å². The standard InChI is InChI=1S/C15H9BrF6O/c16-8-11-7-10(3-6-13(11)14(17,18)19)9-1-4-12(5-2-9)23-15(20,21)22/h1-7H,8H2. The molecular weight excluding hydrogens is 390 g/mol. The Morgan fingerprint density at radius 2 is 1.39 bits per heavy atom. The van der Waals surface area contributed by atoms with E-state index in [4.69, 9.17) is 0 Å². The van der Waals surface area contributed by atoms with E-state index in [1.54, 1.807) is 0 Å². The molecule has 0 aliphatic rings. The summed E-state index contributed by atoms with van der Waals surface area (Å²) in [6, 6.07) is 8.48. The third-order valence-corrected chi connectivity index (χ3v) is 3.58. The molecule has 0 N–H and O–H groups in total. The van der Waals surface area contributed by atoms with Gasteiger partial charge in [0.05, 0.1) is 5.56 Å². The summed E-state index contributed by atoms with van der Waals surface area (Å²) in [5, 5.41) is 0.00491. The molecule has 2 aromatic carbocycles. The van der Waals surface area contributed by atoms with Crippen molar-refractivity contribution in [1.29, 1.82) is 0 Å². The highest BCUT2D eigenvalue weighted by Gasteiger charge is 2.33. The van der Waals surface area contributed by atoms with Gasteiger partial charge in [0.15, 0.2) is 0 Å². The van der Waals surface area contributed by atoms with Crippen LogP contribution in [0.15, 0.2) is 42.5 Å². The molecule has 0 atom stereocenters. The van der Waals surface area contributed by atoms with E-state index in [0.29, 0.717) is 11.1 Å². The van der Waals surface area contributed by atoms with Crippen LogP contribution in [-0.2, 0) is 11.5 Å². The molecule has 124 valence electrons. The van der Waals surface area contributed by atoms with Gasteiger partial charge in [0.1, 0.15) is 5.75 Å². The van der Waals surface area contributed by atoms with E-state index in [-0.39, 0.29) is 10.9 Å². The Labute approximate surface area is 136 Å². The van der Waals surface area contributed by atoms with Crippen LogP contribution >= 0.6 is 15.9 Å². The molecule has 0 unspecified atom stereocenters. The average molecular weight is 399 g/mol. The summed E-state index contributed by atoms with van der Waals surface area (Å²) < 4.78 is 78.5. The first-order valence-corrected chi connectivity index (χ1v) is 7.34. The van der Waals surface area contributed by atoms with Gasteiger partial charge in [-0.25, -0.2) is 0 Å².